The summed E-state index contributed by atoms with van der Waals surface area (Å²) in [6.45, 7) is 0. The molecule has 1 heterocycles. The van der Waals surface area contributed by atoms with Crippen LogP contribution in [0.4, 0.5) is 0 Å². The molecule has 0 saturated carbocycles. The summed E-state index contributed by atoms with van der Waals surface area (Å²) in [5, 5.41) is 21.1. The maximum Gasteiger partial charge on any atom is 0.375 e. The summed E-state index contributed by atoms with van der Waals surface area (Å²) in [6, 6.07) is 4.26. The molecule has 0 spiro atoms. The molecule has 0 atom stereocenters. The third-order valence-corrected chi connectivity index (χ3v) is 3.40. The second-order valence-corrected chi connectivity index (χ2v) is 5.27. The lowest BCUT2D eigenvalue weighted by molar-refractivity contribution is 0.0642. The van der Waals surface area contributed by atoms with Crippen LogP contribution >= 0.6 is 0 Å². The number of benzene rings is 1. The normalized spacial score (nSPS) is 11.3. The van der Waals surface area contributed by atoms with Crippen LogP contribution in [0.15, 0.2) is 33.7 Å². The smallest absolute Gasteiger partial charge is 0.375 e. The van der Waals surface area contributed by atoms with Gasteiger partial charge < -0.3 is 14.7 Å². The summed E-state index contributed by atoms with van der Waals surface area (Å²) in [5.74, 6) is -3.71. The number of aromatic nitrogens is 1. The number of hydrogen-bond acceptors (Lipinski definition) is 6. The standard InChI is InChI=1S/C11H7NO8S/c13-10(14)8-7(9(11(15)16)20-12-8)5-1-3-6(4-2-5)21(17,18)19/h1-4H,(H,13,14)(H,15,16)(H,17,18,19). The molecule has 1 aromatic carbocycles. The van der Waals surface area contributed by atoms with Crippen LogP contribution in [0.1, 0.15) is 21.0 Å². The van der Waals surface area contributed by atoms with E-state index in [-0.39, 0.29) is 11.1 Å². The van der Waals surface area contributed by atoms with Crippen molar-refractivity contribution in [3.63, 3.8) is 0 Å². The Balaban J connectivity index is 2.63. The van der Waals surface area contributed by atoms with E-state index in [4.69, 9.17) is 14.8 Å². The second-order valence-electron chi connectivity index (χ2n) is 3.85. The summed E-state index contributed by atoms with van der Waals surface area (Å²) >= 11 is 0. The van der Waals surface area contributed by atoms with Gasteiger partial charge in [0.25, 0.3) is 15.9 Å². The van der Waals surface area contributed by atoms with Gasteiger partial charge in [-0.05, 0) is 17.7 Å². The minimum absolute atomic E-state index is 0.0680. The molecule has 110 valence electrons. The second kappa shape index (κ2) is 5.00. The van der Waals surface area contributed by atoms with Crippen LogP contribution in [0.25, 0.3) is 11.1 Å². The minimum Gasteiger partial charge on any atom is -0.476 e. The molecule has 2 aromatic rings. The van der Waals surface area contributed by atoms with Gasteiger partial charge in [0.1, 0.15) is 0 Å². The van der Waals surface area contributed by atoms with Crippen molar-refractivity contribution in [2.45, 2.75) is 4.90 Å². The molecule has 3 N–H and O–H groups in total. The topological polar surface area (TPSA) is 155 Å². The zero-order valence-electron chi connectivity index (χ0n) is 10.0. The first-order chi connectivity index (χ1) is 9.71. The van der Waals surface area contributed by atoms with E-state index in [0.29, 0.717) is 0 Å². The van der Waals surface area contributed by atoms with E-state index in [2.05, 4.69) is 9.68 Å². The number of carboxylic acids is 2. The van der Waals surface area contributed by atoms with Gasteiger partial charge >= 0.3 is 11.9 Å². The molecule has 0 aliphatic heterocycles. The highest BCUT2D eigenvalue weighted by Gasteiger charge is 2.27. The lowest BCUT2D eigenvalue weighted by Crippen LogP contribution is -2.03. The van der Waals surface area contributed by atoms with E-state index in [0.717, 1.165) is 24.3 Å². The van der Waals surface area contributed by atoms with Gasteiger partial charge in [-0.3, -0.25) is 4.55 Å². The molecule has 0 saturated heterocycles. The molecule has 0 fully saturated rings. The van der Waals surface area contributed by atoms with Crippen LogP contribution in [-0.2, 0) is 10.1 Å². The molecule has 10 heteroatoms. The van der Waals surface area contributed by atoms with E-state index in [1.807, 2.05) is 0 Å². The lowest BCUT2D eigenvalue weighted by atomic mass is 10.0. The highest BCUT2D eigenvalue weighted by atomic mass is 32.2. The van der Waals surface area contributed by atoms with E-state index in [1.54, 1.807) is 0 Å². The number of aromatic carboxylic acids is 2. The van der Waals surface area contributed by atoms with Gasteiger partial charge in [-0.25, -0.2) is 9.59 Å². The van der Waals surface area contributed by atoms with Crippen LogP contribution in [0.2, 0.25) is 0 Å². The maximum atomic E-state index is 11.0. The summed E-state index contributed by atoms with van der Waals surface area (Å²) in [7, 11) is -4.41. The first-order valence-electron chi connectivity index (χ1n) is 5.26. The van der Waals surface area contributed by atoms with Crippen molar-refractivity contribution in [3.05, 3.63) is 35.7 Å². The van der Waals surface area contributed by atoms with Crippen molar-refractivity contribution in [1.29, 1.82) is 0 Å². The molecular weight excluding hydrogens is 306 g/mol. The van der Waals surface area contributed by atoms with Gasteiger partial charge in [-0.1, -0.05) is 17.3 Å². The quantitative estimate of drug-likeness (QED) is 0.700. The van der Waals surface area contributed by atoms with Crippen LogP contribution < -0.4 is 0 Å². The van der Waals surface area contributed by atoms with Crippen LogP contribution in [0, 0.1) is 0 Å². The Morgan fingerprint density at radius 1 is 1.05 bits per heavy atom. The lowest BCUT2D eigenvalue weighted by Gasteiger charge is -2.02. The SMILES string of the molecule is O=C(O)c1noc(C(=O)O)c1-c1ccc(S(=O)(=O)O)cc1. The van der Waals surface area contributed by atoms with E-state index in [1.165, 1.54) is 0 Å². The van der Waals surface area contributed by atoms with Crippen molar-refractivity contribution in [3.8, 4) is 11.1 Å². The Morgan fingerprint density at radius 3 is 2.05 bits per heavy atom. The Labute approximate surface area is 117 Å². The van der Waals surface area contributed by atoms with Crippen molar-refractivity contribution in [1.82, 2.24) is 5.16 Å². The molecule has 21 heavy (non-hydrogen) atoms. The molecule has 0 bridgehead atoms. The maximum absolute atomic E-state index is 11.0. The van der Waals surface area contributed by atoms with Crippen LogP contribution in [-0.4, -0.2) is 40.3 Å². The fourth-order valence-corrected chi connectivity index (χ4v) is 2.12. The first-order valence-corrected chi connectivity index (χ1v) is 6.70. The summed E-state index contributed by atoms with van der Waals surface area (Å²) in [4.78, 5) is 21.6. The fraction of sp³-hybridized carbons (Fsp3) is 0. The van der Waals surface area contributed by atoms with Gasteiger partial charge in [-0.15, -0.1) is 0 Å². The molecule has 0 aliphatic carbocycles. The Hall–Kier alpha value is -2.72. The highest BCUT2D eigenvalue weighted by Crippen LogP contribution is 2.28. The van der Waals surface area contributed by atoms with Gasteiger partial charge in [0.05, 0.1) is 10.5 Å². The predicted molar refractivity (Wildman–Crippen MR) is 65.7 cm³/mol. The van der Waals surface area contributed by atoms with Crippen molar-refractivity contribution in [2.75, 3.05) is 0 Å². The minimum atomic E-state index is -4.41. The first kappa shape index (κ1) is 14.7. The molecule has 0 amide bonds. The molecule has 2 rings (SSSR count). The average Bonchev–Trinajstić information content (AvgIpc) is 2.82. The molecule has 0 unspecified atom stereocenters. The fourth-order valence-electron chi connectivity index (χ4n) is 1.64. The monoisotopic (exact) mass is 313 g/mol. The zero-order valence-corrected chi connectivity index (χ0v) is 10.9. The van der Waals surface area contributed by atoms with E-state index >= 15 is 0 Å². The predicted octanol–water partition coefficient (Wildman–Crippen LogP) is 0.985. The Morgan fingerprint density at radius 2 is 1.62 bits per heavy atom. The molecule has 0 aliphatic rings. The number of hydrogen-bond donors (Lipinski definition) is 3. The average molecular weight is 313 g/mol. The Kier molecular flexibility index (Phi) is 3.49. The van der Waals surface area contributed by atoms with Crippen LogP contribution in [0.3, 0.4) is 0 Å². The number of carbonyl (C=O) groups is 2. The number of nitrogens with zero attached hydrogens (tertiary/aromatic N) is 1. The van der Waals surface area contributed by atoms with Gasteiger partial charge in [0, 0.05) is 0 Å². The zero-order chi connectivity index (χ0) is 15.8. The van der Waals surface area contributed by atoms with E-state index in [9.17, 15) is 18.0 Å². The van der Waals surface area contributed by atoms with Crippen LogP contribution in [0.5, 0.6) is 0 Å². The van der Waals surface area contributed by atoms with Gasteiger partial charge in [0.2, 0.25) is 0 Å². The van der Waals surface area contributed by atoms with Crippen molar-refractivity contribution < 1.29 is 37.3 Å². The van der Waals surface area contributed by atoms with Gasteiger partial charge in [0.15, 0.2) is 5.69 Å². The molecule has 9 nitrogen and oxygen atoms in total. The molecular formula is C11H7NO8S. The molecule has 0 radical (unpaired) electrons. The third-order valence-electron chi connectivity index (χ3n) is 2.53. The van der Waals surface area contributed by atoms with E-state index < -0.39 is 38.4 Å². The highest BCUT2D eigenvalue weighted by molar-refractivity contribution is 7.85. The largest absolute Gasteiger partial charge is 0.476 e. The third kappa shape index (κ3) is 2.75. The van der Waals surface area contributed by atoms with Gasteiger partial charge in [-0.2, -0.15) is 8.42 Å². The number of carboxylic acid groups (broad SMARTS) is 2. The molecule has 1 aromatic heterocycles. The summed E-state index contributed by atoms with van der Waals surface area (Å²) in [6.07, 6.45) is 0. The van der Waals surface area contributed by atoms with Crippen molar-refractivity contribution in [2.24, 2.45) is 0 Å². The summed E-state index contributed by atoms with van der Waals surface area (Å²) in [5.41, 5.74) is -0.845. The summed E-state index contributed by atoms with van der Waals surface area (Å²) < 4.78 is 35.2. The number of rotatable bonds is 4. The Bertz CT molecular complexity index is 787. The van der Waals surface area contributed by atoms with Crippen molar-refractivity contribution >= 4 is 22.1 Å².